The summed E-state index contributed by atoms with van der Waals surface area (Å²) in [5, 5.41) is 6.08. The van der Waals surface area contributed by atoms with E-state index >= 15 is 0 Å². The molecule has 6 heteroatoms. The zero-order valence-electron chi connectivity index (χ0n) is 16.2. The fraction of sp³-hybridized carbons (Fsp3) is 0.364. The van der Waals surface area contributed by atoms with E-state index in [0.29, 0.717) is 16.3 Å². The van der Waals surface area contributed by atoms with Crippen LogP contribution in [0.1, 0.15) is 37.0 Å². The predicted molar refractivity (Wildman–Crippen MR) is 114 cm³/mol. The maximum atomic E-state index is 12.8. The summed E-state index contributed by atoms with van der Waals surface area (Å²) in [4.78, 5) is 27.7. The van der Waals surface area contributed by atoms with Crippen molar-refractivity contribution < 1.29 is 9.59 Å². The number of halogens is 1. The molecular weight excluding hydrogens is 374 g/mol. The topological polar surface area (TPSA) is 61.4 Å². The standard InChI is InChI=1S/C22H26ClN3O2/c1-15(2)20(25-21(27)18-7-3-4-8-19(18)23)22(28)24-16-9-11-17(12-10-16)26-13-5-6-14-26/h3-4,7-12,15,20H,5-6,13-14H2,1-2H3,(H,24,28)(H,25,27)/t20-/m1/s1. The van der Waals surface area contributed by atoms with Crippen molar-refractivity contribution in [1.29, 1.82) is 0 Å². The average molecular weight is 400 g/mol. The van der Waals surface area contributed by atoms with Crippen molar-refractivity contribution in [3.63, 3.8) is 0 Å². The van der Waals surface area contributed by atoms with Crippen LogP contribution < -0.4 is 15.5 Å². The van der Waals surface area contributed by atoms with E-state index in [2.05, 4.69) is 15.5 Å². The first-order chi connectivity index (χ1) is 13.5. The van der Waals surface area contributed by atoms with Crippen LogP contribution in [0.15, 0.2) is 48.5 Å². The Morgan fingerprint density at radius 2 is 1.64 bits per heavy atom. The van der Waals surface area contributed by atoms with Gasteiger partial charge in [0, 0.05) is 24.5 Å². The normalized spacial score (nSPS) is 14.8. The Labute approximate surface area is 171 Å². The van der Waals surface area contributed by atoms with E-state index in [0.717, 1.165) is 13.1 Å². The van der Waals surface area contributed by atoms with Gasteiger partial charge < -0.3 is 15.5 Å². The lowest BCUT2D eigenvalue weighted by atomic mass is 10.0. The summed E-state index contributed by atoms with van der Waals surface area (Å²) in [6.45, 7) is 5.95. The lowest BCUT2D eigenvalue weighted by Gasteiger charge is -2.22. The highest BCUT2D eigenvalue weighted by atomic mass is 35.5. The van der Waals surface area contributed by atoms with Gasteiger partial charge in [0.05, 0.1) is 10.6 Å². The van der Waals surface area contributed by atoms with Crippen molar-refractivity contribution in [1.82, 2.24) is 5.32 Å². The first-order valence-electron chi connectivity index (χ1n) is 9.67. The third-order valence-corrected chi connectivity index (χ3v) is 5.29. The molecule has 28 heavy (non-hydrogen) atoms. The van der Waals surface area contributed by atoms with Crippen LogP contribution in [0.5, 0.6) is 0 Å². The molecule has 0 spiro atoms. The molecule has 2 N–H and O–H groups in total. The van der Waals surface area contributed by atoms with Crippen molar-refractivity contribution in [2.45, 2.75) is 32.7 Å². The Bertz CT molecular complexity index is 830. The van der Waals surface area contributed by atoms with Crippen molar-refractivity contribution in [3.05, 3.63) is 59.1 Å². The van der Waals surface area contributed by atoms with Crippen LogP contribution in [0, 0.1) is 5.92 Å². The largest absolute Gasteiger partial charge is 0.372 e. The second-order valence-electron chi connectivity index (χ2n) is 7.41. The first kappa shape index (κ1) is 20.2. The zero-order chi connectivity index (χ0) is 20.1. The third-order valence-electron chi connectivity index (χ3n) is 4.96. The number of nitrogens with zero attached hydrogens (tertiary/aromatic N) is 1. The van der Waals surface area contributed by atoms with Gasteiger partial charge in [0.2, 0.25) is 5.91 Å². The van der Waals surface area contributed by atoms with Gasteiger partial charge in [0.25, 0.3) is 5.91 Å². The molecule has 0 bridgehead atoms. The molecule has 0 aliphatic carbocycles. The number of carbonyl (C=O) groups is 2. The van der Waals surface area contributed by atoms with E-state index in [-0.39, 0.29) is 17.7 Å². The maximum absolute atomic E-state index is 12.8. The zero-order valence-corrected chi connectivity index (χ0v) is 17.0. The van der Waals surface area contributed by atoms with Crippen molar-refractivity contribution in [2.75, 3.05) is 23.3 Å². The van der Waals surface area contributed by atoms with Gasteiger partial charge in [-0.1, -0.05) is 37.6 Å². The van der Waals surface area contributed by atoms with Gasteiger partial charge in [0.1, 0.15) is 6.04 Å². The lowest BCUT2D eigenvalue weighted by Crippen LogP contribution is -2.47. The van der Waals surface area contributed by atoms with E-state index in [1.807, 2.05) is 38.1 Å². The summed E-state index contributed by atoms with van der Waals surface area (Å²) < 4.78 is 0. The Morgan fingerprint density at radius 3 is 2.25 bits per heavy atom. The number of amides is 2. The summed E-state index contributed by atoms with van der Waals surface area (Å²) in [6.07, 6.45) is 2.44. The number of anilines is 2. The monoisotopic (exact) mass is 399 g/mol. The molecule has 3 rings (SSSR count). The molecule has 1 atom stereocenters. The van der Waals surface area contributed by atoms with Crippen LogP contribution in [0.3, 0.4) is 0 Å². The van der Waals surface area contributed by atoms with E-state index in [1.54, 1.807) is 24.3 Å². The van der Waals surface area contributed by atoms with Gasteiger partial charge in [-0.25, -0.2) is 0 Å². The van der Waals surface area contributed by atoms with E-state index in [1.165, 1.54) is 18.5 Å². The van der Waals surface area contributed by atoms with E-state index in [4.69, 9.17) is 11.6 Å². The first-order valence-corrected chi connectivity index (χ1v) is 10.0. The molecular formula is C22H26ClN3O2. The Balaban J connectivity index is 1.66. The molecule has 2 amide bonds. The average Bonchev–Trinajstić information content (AvgIpc) is 3.21. The number of hydrogen-bond donors (Lipinski definition) is 2. The van der Waals surface area contributed by atoms with Gasteiger partial charge in [-0.15, -0.1) is 0 Å². The summed E-state index contributed by atoms with van der Waals surface area (Å²) in [5.41, 5.74) is 2.24. The molecule has 0 radical (unpaired) electrons. The molecule has 1 fully saturated rings. The van der Waals surface area contributed by atoms with Gasteiger partial charge in [-0.3, -0.25) is 9.59 Å². The predicted octanol–water partition coefficient (Wildman–Crippen LogP) is 4.33. The number of hydrogen-bond acceptors (Lipinski definition) is 3. The minimum Gasteiger partial charge on any atom is -0.372 e. The molecule has 148 valence electrons. The highest BCUT2D eigenvalue weighted by Gasteiger charge is 2.25. The van der Waals surface area contributed by atoms with Crippen molar-refractivity contribution >= 4 is 34.8 Å². The third kappa shape index (κ3) is 4.84. The van der Waals surface area contributed by atoms with Crippen LogP contribution in [0.2, 0.25) is 5.02 Å². The number of rotatable bonds is 6. The fourth-order valence-electron chi connectivity index (χ4n) is 3.35. The second-order valence-corrected chi connectivity index (χ2v) is 7.81. The quantitative estimate of drug-likeness (QED) is 0.759. The van der Waals surface area contributed by atoms with Crippen molar-refractivity contribution in [2.24, 2.45) is 5.92 Å². The van der Waals surface area contributed by atoms with Crippen LogP contribution in [0.25, 0.3) is 0 Å². The summed E-state index contributed by atoms with van der Waals surface area (Å²) in [6, 6.07) is 14.0. The van der Waals surface area contributed by atoms with Crippen LogP contribution in [-0.2, 0) is 4.79 Å². The highest BCUT2D eigenvalue weighted by Crippen LogP contribution is 2.22. The van der Waals surface area contributed by atoms with Gasteiger partial charge >= 0.3 is 0 Å². The van der Waals surface area contributed by atoms with Crippen LogP contribution >= 0.6 is 11.6 Å². The van der Waals surface area contributed by atoms with Gasteiger partial charge in [-0.2, -0.15) is 0 Å². The van der Waals surface area contributed by atoms with Crippen LogP contribution in [0.4, 0.5) is 11.4 Å². The highest BCUT2D eigenvalue weighted by molar-refractivity contribution is 6.33. The van der Waals surface area contributed by atoms with Gasteiger partial charge in [-0.05, 0) is 55.2 Å². The molecule has 1 aliphatic rings. The molecule has 0 unspecified atom stereocenters. The minimum absolute atomic E-state index is 0.0738. The maximum Gasteiger partial charge on any atom is 0.253 e. The molecule has 5 nitrogen and oxygen atoms in total. The lowest BCUT2D eigenvalue weighted by molar-refractivity contribution is -0.118. The SMILES string of the molecule is CC(C)[C@@H](NC(=O)c1ccccc1Cl)C(=O)Nc1ccc(N2CCCC2)cc1. The summed E-state index contributed by atoms with van der Waals surface area (Å²) >= 11 is 6.09. The Hall–Kier alpha value is -2.53. The fourth-order valence-corrected chi connectivity index (χ4v) is 3.57. The number of carbonyl (C=O) groups excluding carboxylic acids is 2. The smallest absolute Gasteiger partial charge is 0.253 e. The second kappa shape index (κ2) is 9.11. The van der Waals surface area contributed by atoms with Gasteiger partial charge in [0.15, 0.2) is 0 Å². The summed E-state index contributed by atoms with van der Waals surface area (Å²) in [7, 11) is 0. The van der Waals surface area contributed by atoms with Crippen LogP contribution in [-0.4, -0.2) is 30.9 Å². The molecule has 0 aromatic heterocycles. The number of benzene rings is 2. The van der Waals surface area contributed by atoms with E-state index in [9.17, 15) is 9.59 Å². The Kier molecular flexibility index (Phi) is 6.57. The number of nitrogens with one attached hydrogen (secondary N) is 2. The van der Waals surface area contributed by atoms with E-state index < -0.39 is 6.04 Å². The Morgan fingerprint density at radius 1 is 1.00 bits per heavy atom. The molecule has 1 saturated heterocycles. The minimum atomic E-state index is -0.665. The molecule has 1 aliphatic heterocycles. The summed E-state index contributed by atoms with van der Waals surface area (Å²) in [5.74, 6) is -0.677. The molecule has 0 saturated carbocycles. The van der Waals surface area contributed by atoms with Crippen molar-refractivity contribution in [3.8, 4) is 0 Å². The molecule has 2 aromatic carbocycles. The molecule has 2 aromatic rings. The molecule has 1 heterocycles.